The van der Waals surface area contributed by atoms with Gasteiger partial charge in [-0.05, 0) is 17.5 Å². The molecule has 1 atom stereocenters. The summed E-state index contributed by atoms with van der Waals surface area (Å²) in [6, 6.07) is 5.60. The van der Waals surface area contributed by atoms with Gasteiger partial charge in [0.2, 0.25) is 0 Å². The van der Waals surface area contributed by atoms with Gasteiger partial charge in [0.1, 0.15) is 11.9 Å². The largest absolute Gasteiger partial charge is 0.374 e. The Kier molecular flexibility index (Phi) is 3.98. The number of morpholine rings is 1. The van der Waals surface area contributed by atoms with Crippen molar-refractivity contribution in [3.63, 3.8) is 0 Å². The molecule has 2 heterocycles. The second-order valence-corrected chi connectivity index (χ2v) is 6.19. The molecule has 1 aliphatic rings. The number of aromatic nitrogens is 1. The Labute approximate surface area is 118 Å². The van der Waals surface area contributed by atoms with Crippen molar-refractivity contribution in [2.45, 2.75) is 26.9 Å². The lowest BCUT2D eigenvalue weighted by Gasteiger charge is -2.40. The van der Waals surface area contributed by atoms with E-state index in [2.05, 4.69) is 30.7 Å². The smallest absolute Gasteiger partial charge is 0.161 e. The van der Waals surface area contributed by atoms with Crippen LogP contribution >= 0.6 is 11.6 Å². The maximum atomic E-state index is 8.98. The number of pyridine rings is 1. The van der Waals surface area contributed by atoms with E-state index in [1.54, 1.807) is 6.07 Å². The van der Waals surface area contributed by atoms with Crippen LogP contribution in [0.15, 0.2) is 12.1 Å². The number of hydrogen-bond donors (Lipinski definition) is 0. The molecule has 4 nitrogen and oxygen atoms in total. The van der Waals surface area contributed by atoms with Crippen LogP contribution in [0, 0.1) is 16.7 Å². The van der Waals surface area contributed by atoms with E-state index in [0.717, 1.165) is 18.9 Å². The summed E-state index contributed by atoms with van der Waals surface area (Å²) in [5.74, 6) is 0.790. The second-order valence-electron chi connectivity index (χ2n) is 5.78. The maximum absolute atomic E-state index is 8.98. The molecule has 1 aromatic rings. The predicted octanol–water partition coefficient (Wildman–Crippen LogP) is 2.86. The fraction of sp³-hybridized carbons (Fsp3) is 0.571. The first kappa shape index (κ1) is 14.1. The summed E-state index contributed by atoms with van der Waals surface area (Å²) in [7, 11) is 0. The summed E-state index contributed by atoms with van der Waals surface area (Å²) in [4.78, 5) is 6.46. The van der Waals surface area contributed by atoms with Crippen molar-refractivity contribution in [1.82, 2.24) is 4.98 Å². The second kappa shape index (κ2) is 5.36. The van der Waals surface area contributed by atoms with E-state index in [4.69, 9.17) is 21.6 Å². The van der Waals surface area contributed by atoms with Gasteiger partial charge in [-0.3, -0.25) is 0 Å². The monoisotopic (exact) mass is 279 g/mol. The van der Waals surface area contributed by atoms with Crippen molar-refractivity contribution in [3.05, 3.63) is 22.8 Å². The topological polar surface area (TPSA) is 49.2 Å². The molecule has 0 aromatic carbocycles. The Hall–Kier alpha value is -1.31. The molecule has 0 bridgehead atoms. The number of ether oxygens (including phenoxy) is 1. The molecule has 0 radical (unpaired) electrons. The number of nitrogens with zero attached hydrogens (tertiary/aromatic N) is 3. The van der Waals surface area contributed by atoms with E-state index in [1.165, 1.54) is 0 Å². The molecule has 5 heteroatoms. The molecule has 0 unspecified atom stereocenters. The number of halogens is 1. The third-order valence-electron chi connectivity index (χ3n) is 3.29. The Morgan fingerprint density at radius 2 is 2.21 bits per heavy atom. The summed E-state index contributed by atoms with van der Waals surface area (Å²) in [6.07, 6.45) is 0.157. The van der Waals surface area contributed by atoms with Gasteiger partial charge in [0, 0.05) is 13.1 Å². The number of rotatable bonds is 1. The zero-order valence-electron chi connectivity index (χ0n) is 11.5. The van der Waals surface area contributed by atoms with Crippen molar-refractivity contribution >= 4 is 17.4 Å². The van der Waals surface area contributed by atoms with Crippen LogP contribution in [0.4, 0.5) is 5.82 Å². The number of nitriles is 1. The average molecular weight is 280 g/mol. The summed E-state index contributed by atoms with van der Waals surface area (Å²) < 4.78 is 5.81. The van der Waals surface area contributed by atoms with Crippen LogP contribution in [0.25, 0.3) is 0 Å². The normalized spacial score (nSPS) is 20.2. The zero-order valence-corrected chi connectivity index (χ0v) is 12.2. The first-order valence-electron chi connectivity index (χ1n) is 6.35. The van der Waals surface area contributed by atoms with Gasteiger partial charge in [0.25, 0.3) is 0 Å². The third kappa shape index (κ3) is 3.17. The molecule has 0 aliphatic carbocycles. The minimum atomic E-state index is 0.0865. The van der Waals surface area contributed by atoms with Gasteiger partial charge in [0.15, 0.2) is 5.69 Å². The van der Waals surface area contributed by atoms with Gasteiger partial charge in [-0.2, -0.15) is 5.26 Å². The van der Waals surface area contributed by atoms with Crippen molar-refractivity contribution in [1.29, 1.82) is 5.26 Å². The lowest BCUT2D eigenvalue weighted by molar-refractivity contribution is -0.0267. The van der Waals surface area contributed by atoms with Crippen LogP contribution in [0.1, 0.15) is 26.5 Å². The molecule has 1 aliphatic heterocycles. The third-order valence-corrected chi connectivity index (χ3v) is 3.60. The summed E-state index contributed by atoms with van der Waals surface area (Å²) >= 11 is 5.91. The highest BCUT2D eigenvalue weighted by Gasteiger charge is 2.31. The van der Waals surface area contributed by atoms with E-state index in [1.807, 2.05) is 12.1 Å². The Bertz CT molecular complexity index is 504. The molecular formula is C14H18ClN3O. The predicted molar refractivity (Wildman–Crippen MR) is 75.4 cm³/mol. The van der Waals surface area contributed by atoms with E-state index in [-0.39, 0.29) is 17.2 Å². The quantitative estimate of drug-likeness (QED) is 0.793. The van der Waals surface area contributed by atoms with E-state index < -0.39 is 0 Å². The number of hydrogen-bond acceptors (Lipinski definition) is 4. The van der Waals surface area contributed by atoms with Crippen molar-refractivity contribution in [2.24, 2.45) is 5.41 Å². The highest BCUT2D eigenvalue weighted by Crippen LogP contribution is 2.28. The molecule has 2 rings (SSSR count). The molecule has 1 fully saturated rings. The molecular weight excluding hydrogens is 262 g/mol. The lowest BCUT2D eigenvalue weighted by atomic mass is 9.88. The van der Waals surface area contributed by atoms with Crippen LogP contribution in [0.5, 0.6) is 0 Å². The van der Waals surface area contributed by atoms with E-state index >= 15 is 0 Å². The summed E-state index contributed by atoms with van der Waals surface area (Å²) in [5, 5.41) is 9.38. The fourth-order valence-corrected chi connectivity index (χ4v) is 2.22. The van der Waals surface area contributed by atoms with Crippen LogP contribution < -0.4 is 4.90 Å². The molecule has 19 heavy (non-hydrogen) atoms. The van der Waals surface area contributed by atoms with Gasteiger partial charge >= 0.3 is 0 Å². The Morgan fingerprint density at radius 1 is 1.47 bits per heavy atom. The van der Waals surface area contributed by atoms with Crippen molar-refractivity contribution in [2.75, 3.05) is 24.6 Å². The molecule has 1 aromatic heterocycles. The molecule has 0 saturated carbocycles. The standard InChI is InChI=1S/C14H18ClN3O/c1-14(2,3)12-9-18(6-7-19-12)13-5-4-10(15)11(8-16)17-13/h4-5,12H,6-7,9H2,1-3H3/t12-/m1/s1. The number of anilines is 1. The first-order chi connectivity index (χ1) is 8.91. The maximum Gasteiger partial charge on any atom is 0.161 e. The molecule has 102 valence electrons. The molecule has 0 N–H and O–H groups in total. The SMILES string of the molecule is CC(C)(C)[C@H]1CN(c2ccc(Cl)c(C#N)n2)CCO1. The van der Waals surface area contributed by atoms with Crippen molar-refractivity contribution in [3.8, 4) is 6.07 Å². The zero-order chi connectivity index (χ0) is 14.0. The summed E-state index contributed by atoms with van der Waals surface area (Å²) in [5.41, 5.74) is 0.362. The van der Waals surface area contributed by atoms with Crippen LogP contribution in [-0.2, 0) is 4.74 Å². The van der Waals surface area contributed by atoms with Gasteiger partial charge in [0.05, 0.1) is 17.7 Å². The van der Waals surface area contributed by atoms with Gasteiger partial charge < -0.3 is 9.64 Å². The van der Waals surface area contributed by atoms with Gasteiger partial charge in [-0.25, -0.2) is 4.98 Å². The molecule has 0 amide bonds. The minimum Gasteiger partial charge on any atom is -0.374 e. The summed E-state index contributed by atoms with van der Waals surface area (Å²) in [6.45, 7) is 8.73. The highest BCUT2D eigenvalue weighted by atomic mass is 35.5. The average Bonchev–Trinajstić information content (AvgIpc) is 2.38. The van der Waals surface area contributed by atoms with Gasteiger partial charge in [-0.1, -0.05) is 32.4 Å². The molecule has 1 saturated heterocycles. The van der Waals surface area contributed by atoms with Gasteiger partial charge in [-0.15, -0.1) is 0 Å². The Balaban J connectivity index is 2.20. The van der Waals surface area contributed by atoms with E-state index in [9.17, 15) is 0 Å². The Morgan fingerprint density at radius 3 is 2.84 bits per heavy atom. The molecule has 0 spiro atoms. The minimum absolute atomic E-state index is 0.0865. The fourth-order valence-electron chi connectivity index (χ4n) is 2.07. The van der Waals surface area contributed by atoms with Crippen LogP contribution in [-0.4, -0.2) is 30.8 Å². The van der Waals surface area contributed by atoms with Crippen LogP contribution in [0.2, 0.25) is 5.02 Å². The van der Waals surface area contributed by atoms with Crippen LogP contribution in [0.3, 0.4) is 0 Å². The van der Waals surface area contributed by atoms with Crippen molar-refractivity contribution < 1.29 is 4.74 Å². The van der Waals surface area contributed by atoms with E-state index in [0.29, 0.717) is 11.6 Å². The first-order valence-corrected chi connectivity index (χ1v) is 6.73. The highest BCUT2D eigenvalue weighted by molar-refractivity contribution is 6.31. The lowest BCUT2D eigenvalue weighted by Crippen LogP contribution is -2.48.